The van der Waals surface area contributed by atoms with Crippen molar-refractivity contribution >= 4 is 17.6 Å². The van der Waals surface area contributed by atoms with E-state index in [1.54, 1.807) is 18.9 Å². The summed E-state index contributed by atoms with van der Waals surface area (Å²) in [6.07, 6.45) is 0. The molecule has 0 aromatic rings. The number of nitrogens with zero attached hydrogens (tertiary/aromatic N) is 1. The Balaban J connectivity index is 3.37. The van der Waals surface area contributed by atoms with E-state index in [9.17, 15) is 0 Å². The molecule has 0 spiro atoms. The van der Waals surface area contributed by atoms with Crippen LogP contribution in [0.5, 0.6) is 0 Å². The molecule has 1 unspecified atom stereocenters. The van der Waals surface area contributed by atoms with E-state index in [1.807, 2.05) is 6.92 Å². The molecule has 4 nitrogen and oxygen atoms in total. The number of ether oxygens (including phenoxy) is 1. The van der Waals surface area contributed by atoms with Gasteiger partial charge in [0.05, 0.1) is 6.61 Å². The molecule has 0 aromatic carbocycles. The fraction of sp³-hybridized carbons (Fsp3) is 0.857. The second-order valence-corrected chi connectivity index (χ2v) is 3.64. The highest BCUT2D eigenvalue weighted by molar-refractivity contribution is 7.99. The molecule has 0 aliphatic heterocycles. The summed E-state index contributed by atoms with van der Waals surface area (Å²) in [6.45, 7) is 2.67. The van der Waals surface area contributed by atoms with E-state index in [-0.39, 0.29) is 5.92 Å². The minimum Gasteiger partial charge on any atom is -0.409 e. The molecule has 1 atom stereocenters. The molecule has 0 saturated carbocycles. The van der Waals surface area contributed by atoms with Crippen LogP contribution in [0, 0.1) is 5.92 Å². The fourth-order valence-electron chi connectivity index (χ4n) is 0.586. The summed E-state index contributed by atoms with van der Waals surface area (Å²) in [5.41, 5.74) is 5.39. The maximum Gasteiger partial charge on any atom is 0.142 e. The van der Waals surface area contributed by atoms with Crippen LogP contribution in [0.3, 0.4) is 0 Å². The maximum absolute atomic E-state index is 8.34. The standard InChI is InChI=1S/C7H16N2O2S/c1-6(7(8)9-10)5-12-4-3-11-2/h6,10H,3-5H2,1-2H3,(H2,8,9). The van der Waals surface area contributed by atoms with Gasteiger partial charge in [0.25, 0.3) is 0 Å². The summed E-state index contributed by atoms with van der Waals surface area (Å²) in [5.74, 6) is 2.22. The van der Waals surface area contributed by atoms with Gasteiger partial charge in [0, 0.05) is 24.5 Å². The smallest absolute Gasteiger partial charge is 0.142 e. The minimum atomic E-state index is 0.122. The lowest BCUT2D eigenvalue weighted by molar-refractivity contribution is 0.218. The van der Waals surface area contributed by atoms with E-state index in [1.165, 1.54) is 0 Å². The average Bonchev–Trinajstić information content (AvgIpc) is 2.10. The topological polar surface area (TPSA) is 67.8 Å². The molecule has 3 N–H and O–H groups in total. The molecular weight excluding hydrogens is 176 g/mol. The van der Waals surface area contributed by atoms with Crippen LogP contribution >= 0.6 is 11.8 Å². The third kappa shape index (κ3) is 5.26. The molecule has 5 heteroatoms. The van der Waals surface area contributed by atoms with Gasteiger partial charge in [-0.05, 0) is 0 Å². The van der Waals surface area contributed by atoms with Gasteiger partial charge in [-0.3, -0.25) is 0 Å². The number of amidine groups is 1. The van der Waals surface area contributed by atoms with Crippen LogP contribution in [0.4, 0.5) is 0 Å². The number of rotatable bonds is 6. The number of methoxy groups -OCH3 is 1. The Morgan fingerprint density at radius 1 is 1.75 bits per heavy atom. The van der Waals surface area contributed by atoms with Gasteiger partial charge in [-0.2, -0.15) is 11.8 Å². The predicted octanol–water partition coefficient (Wildman–Crippen LogP) is 0.748. The van der Waals surface area contributed by atoms with E-state index < -0.39 is 0 Å². The van der Waals surface area contributed by atoms with E-state index in [2.05, 4.69) is 5.16 Å². The summed E-state index contributed by atoms with van der Waals surface area (Å²) in [6, 6.07) is 0. The van der Waals surface area contributed by atoms with E-state index in [0.717, 1.165) is 18.1 Å². The lowest BCUT2D eigenvalue weighted by Gasteiger charge is -2.07. The number of thioether (sulfide) groups is 1. The van der Waals surface area contributed by atoms with Gasteiger partial charge in [-0.1, -0.05) is 12.1 Å². The van der Waals surface area contributed by atoms with E-state index in [0.29, 0.717) is 5.84 Å². The average molecular weight is 192 g/mol. The van der Waals surface area contributed by atoms with Crippen LogP contribution < -0.4 is 5.73 Å². The highest BCUT2D eigenvalue weighted by atomic mass is 32.2. The Bertz CT molecular complexity index is 141. The van der Waals surface area contributed by atoms with Crippen molar-refractivity contribution < 1.29 is 9.94 Å². The van der Waals surface area contributed by atoms with Crippen molar-refractivity contribution in [3.8, 4) is 0 Å². The third-order valence-corrected chi connectivity index (χ3v) is 2.61. The molecule has 0 heterocycles. The van der Waals surface area contributed by atoms with E-state index in [4.69, 9.17) is 15.7 Å². The first kappa shape index (κ1) is 11.6. The number of hydrogen-bond donors (Lipinski definition) is 2. The monoisotopic (exact) mass is 192 g/mol. The van der Waals surface area contributed by atoms with Gasteiger partial charge in [-0.25, -0.2) is 0 Å². The molecule has 0 saturated heterocycles. The molecule has 0 fully saturated rings. The molecule has 0 aliphatic rings. The molecule has 0 bridgehead atoms. The summed E-state index contributed by atoms with van der Waals surface area (Å²) >= 11 is 1.73. The zero-order valence-electron chi connectivity index (χ0n) is 7.49. The highest BCUT2D eigenvalue weighted by Gasteiger charge is 2.06. The summed E-state index contributed by atoms with van der Waals surface area (Å²) in [4.78, 5) is 0. The second kappa shape index (κ2) is 7.24. The number of oxime groups is 1. The highest BCUT2D eigenvalue weighted by Crippen LogP contribution is 2.07. The maximum atomic E-state index is 8.34. The lowest BCUT2D eigenvalue weighted by Crippen LogP contribution is -2.23. The van der Waals surface area contributed by atoms with Crippen molar-refractivity contribution in [2.75, 3.05) is 25.2 Å². The van der Waals surface area contributed by atoms with Gasteiger partial charge >= 0.3 is 0 Å². The Kier molecular flexibility index (Phi) is 6.99. The summed E-state index contributed by atoms with van der Waals surface area (Å²) in [5, 5.41) is 11.3. The van der Waals surface area contributed by atoms with Crippen LogP contribution in [0.1, 0.15) is 6.92 Å². The molecule has 72 valence electrons. The molecule has 0 amide bonds. The molecule has 0 rings (SSSR count). The van der Waals surface area contributed by atoms with Crippen LogP contribution in [0.2, 0.25) is 0 Å². The minimum absolute atomic E-state index is 0.122. The Morgan fingerprint density at radius 2 is 2.42 bits per heavy atom. The molecule has 0 radical (unpaired) electrons. The molecule has 12 heavy (non-hydrogen) atoms. The van der Waals surface area contributed by atoms with Gasteiger partial charge in [0.1, 0.15) is 5.84 Å². The van der Waals surface area contributed by atoms with Crippen LogP contribution in [0.25, 0.3) is 0 Å². The van der Waals surface area contributed by atoms with Crippen LogP contribution in [-0.2, 0) is 4.74 Å². The lowest BCUT2D eigenvalue weighted by atomic mass is 10.2. The fourth-order valence-corrected chi connectivity index (χ4v) is 1.56. The normalized spacial score (nSPS) is 14.7. The van der Waals surface area contributed by atoms with Crippen molar-refractivity contribution in [3.63, 3.8) is 0 Å². The Morgan fingerprint density at radius 3 is 2.92 bits per heavy atom. The largest absolute Gasteiger partial charge is 0.409 e. The van der Waals surface area contributed by atoms with Crippen molar-refractivity contribution in [2.24, 2.45) is 16.8 Å². The van der Waals surface area contributed by atoms with Gasteiger partial charge < -0.3 is 15.7 Å². The quantitative estimate of drug-likeness (QED) is 0.214. The Labute approximate surface area is 77.1 Å². The Hall–Kier alpha value is -0.420. The third-order valence-electron chi connectivity index (χ3n) is 1.42. The van der Waals surface area contributed by atoms with Gasteiger partial charge in [0.15, 0.2) is 0 Å². The summed E-state index contributed by atoms with van der Waals surface area (Å²) < 4.78 is 4.88. The second-order valence-electron chi connectivity index (χ2n) is 2.49. The van der Waals surface area contributed by atoms with Crippen LogP contribution in [0.15, 0.2) is 5.16 Å². The van der Waals surface area contributed by atoms with Crippen molar-refractivity contribution in [1.82, 2.24) is 0 Å². The first-order valence-corrected chi connectivity index (χ1v) is 4.92. The SMILES string of the molecule is COCCSCC(C)/C(N)=N/O. The molecular formula is C7H16N2O2S. The number of nitrogens with two attached hydrogens (primary N) is 1. The number of hydrogen-bond acceptors (Lipinski definition) is 4. The van der Waals surface area contributed by atoms with Crippen molar-refractivity contribution in [2.45, 2.75) is 6.92 Å². The summed E-state index contributed by atoms with van der Waals surface area (Å²) in [7, 11) is 1.67. The van der Waals surface area contributed by atoms with Gasteiger partial charge in [-0.15, -0.1) is 0 Å². The van der Waals surface area contributed by atoms with E-state index >= 15 is 0 Å². The van der Waals surface area contributed by atoms with Crippen molar-refractivity contribution in [3.05, 3.63) is 0 Å². The molecule has 0 aromatic heterocycles. The van der Waals surface area contributed by atoms with Crippen LogP contribution in [-0.4, -0.2) is 36.3 Å². The molecule has 0 aliphatic carbocycles. The zero-order valence-corrected chi connectivity index (χ0v) is 8.30. The zero-order chi connectivity index (χ0) is 9.40. The first-order valence-electron chi connectivity index (χ1n) is 3.76. The van der Waals surface area contributed by atoms with Crippen molar-refractivity contribution in [1.29, 1.82) is 0 Å². The first-order chi connectivity index (χ1) is 5.72. The van der Waals surface area contributed by atoms with Gasteiger partial charge in [0.2, 0.25) is 0 Å². The predicted molar refractivity (Wildman–Crippen MR) is 51.8 cm³/mol.